The van der Waals surface area contributed by atoms with Crippen LogP contribution in [0.4, 0.5) is 5.82 Å². The van der Waals surface area contributed by atoms with Crippen molar-refractivity contribution in [1.29, 1.82) is 0 Å². The van der Waals surface area contributed by atoms with Gasteiger partial charge in [-0.25, -0.2) is 4.98 Å². The van der Waals surface area contributed by atoms with Crippen molar-refractivity contribution in [3.05, 3.63) is 35.0 Å². The van der Waals surface area contributed by atoms with Crippen LogP contribution in [0.3, 0.4) is 0 Å². The van der Waals surface area contributed by atoms with Gasteiger partial charge < -0.3 is 5.73 Å². The van der Waals surface area contributed by atoms with Crippen molar-refractivity contribution in [2.75, 3.05) is 5.73 Å². The first kappa shape index (κ1) is 8.32. The molecule has 2 rings (SSSR count). The largest absolute Gasteiger partial charge is 0.383 e. The second kappa shape index (κ2) is 2.89. The molecule has 0 atom stereocenters. The number of nitrogen functional groups attached to an aromatic ring is 1. The Morgan fingerprint density at radius 3 is 2.54 bits per heavy atom. The number of hydrogen-bond donors (Lipinski definition) is 1. The number of aromatic nitrogens is 1. The van der Waals surface area contributed by atoms with E-state index in [2.05, 4.69) is 4.98 Å². The van der Waals surface area contributed by atoms with Gasteiger partial charge in [0.15, 0.2) is 0 Å². The van der Waals surface area contributed by atoms with Gasteiger partial charge in [0.05, 0.1) is 0 Å². The third-order valence-corrected chi connectivity index (χ3v) is 2.44. The van der Waals surface area contributed by atoms with Gasteiger partial charge in [0.25, 0.3) is 0 Å². The van der Waals surface area contributed by atoms with E-state index in [9.17, 15) is 0 Å². The van der Waals surface area contributed by atoms with E-state index in [0.717, 1.165) is 16.3 Å². The monoisotopic (exact) mass is 192 g/mol. The lowest BCUT2D eigenvalue weighted by Gasteiger charge is -2.05. The summed E-state index contributed by atoms with van der Waals surface area (Å²) in [6.07, 6.45) is 0. The minimum atomic E-state index is 0.471. The third-order valence-electron chi connectivity index (χ3n) is 2.16. The van der Waals surface area contributed by atoms with Crippen molar-refractivity contribution in [2.24, 2.45) is 0 Å². The van der Waals surface area contributed by atoms with Crippen molar-refractivity contribution >= 4 is 28.2 Å². The van der Waals surface area contributed by atoms with Crippen LogP contribution in [0.15, 0.2) is 24.3 Å². The van der Waals surface area contributed by atoms with Crippen LogP contribution < -0.4 is 5.73 Å². The summed E-state index contributed by atoms with van der Waals surface area (Å²) >= 11 is 5.94. The molecule has 0 saturated carbocycles. The average Bonchev–Trinajstić information content (AvgIpc) is 2.15. The maximum Gasteiger partial charge on any atom is 0.139 e. The smallest absolute Gasteiger partial charge is 0.139 e. The van der Waals surface area contributed by atoms with Crippen LogP contribution in [0.2, 0.25) is 5.15 Å². The molecule has 0 saturated heterocycles. The maximum absolute atomic E-state index is 5.94. The van der Waals surface area contributed by atoms with Gasteiger partial charge in [-0.05, 0) is 17.9 Å². The van der Waals surface area contributed by atoms with Crippen molar-refractivity contribution in [1.82, 2.24) is 4.98 Å². The Labute approximate surface area is 81.3 Å². The second-order valence-corrected chi connectivity index (χ2v) is 3.32. The van der Waals surface area contributed by atoms with Gasteiger partial charge in [0.1, 0.15) is 11.0 Å². The van der Waals surface area contributed by atoms with E-state index in [1.165, 1.54) is 0 Å². The molecule has 2 nitrogen and oxygen atoms in total. The second-order valence-electron chi connectivity index (χ2n) is 2.96. The molecule has 0 aliphatic carbocycles. The molecule has 0 spiro atoms. The van der Waals surface area contributed by atoms with E-state index in [1.54, 1.807) is 0 Å². The fourth-order valence-electron chi connectivity index (χ4n) is 1.38. The lowest BCUT2D eigenvalue weighted by Crippen LogP contribution is -1.95. The molecule has 0 unspecified atom stereocenters. The third kappa shape index (κ3) is 1.23. The van der Waals surface area contributed by atoms with Crippen molar-refractivity contribution in [3.8, 4) is 0 Å². The highest BCUT2D eigenvalue weighted by molar-refractivity contribution is 6.34. The first-order chi connectivity index (χ1) is 6.20. The van der Waals surface area contributed by atoms with Crippen LogP contribution in [0, 0.1) is 6.92 Å². The van der Waals surface area contributed by atoms with Crippen LogP contribution in [-0.4, -0.2) is 4.98 Å². The van der Waals surface area contributed by atoms with Gasteiger partial charge in [-0.15, -0.1) is 0 Å². The van der Waals surface area contributed by atoms with Crippen molar-refractivity contribution in [2.45, 2.75) is 6.92 Å². The predicted octanol–water partition coefficient (Wildman–Crippen LogP) is 2.78. The van der Waals surface area contributed by atoms with E-state index in [0.29, 0.717) is 11.0 Å². The Morgan fingerprint density at radius 1 is 1.23 bits per heavy atom. The fourth-order valence-corrected chi connectivity index (χ4v) is 1.63. The number of hydrogen-bond acceptors (Lipinski definition) is 2. The van der Waals surface area contributed by atoms with E-state index in [-0.39, 0.29) is 0 Å². The molecule has 0 bridgehead atoms. The van der Waals surface area contributed by atoms with Gasteiger partial charge >= 0.3 is 0 Å². The number of fused-ring (bicyclic) bond motifs is 1. The quantitative estimate of drug-likeness (QED) is 0.652. The molecule has 0 fully saturated rings. The molecular formula is C10H9ClN2. The minimum Gasteiger partial charge on any atom is -0.383 e. The lowest BCUT2D eigenvalue weighted by molar-refractivity contribution is 1.32. The summed E-state index contributed by atoms with van der Waals surface area (Å²) in [7, 11) is 0. The summed E-state index contributed by atoms with van der Waals surface area (Å²) in [4.78, 5) is 4.04. The Hall–Kier alpha value is -1.28. The number of rotatable bonds is 0. The van der Waals surface area contributed by atoms with E-state index >= 15 is 0 Å². The molecule has 13 heavy (non-hydrogen) atoms. The fraction of sp³-hybridized carbons (Fsp3) is 0.100. The summed E-state index contributed by atoms with van der Waals surface area (Å²) in [5.41, 5.74) is 6.68. The first-order valence-corrected chi connectivity index (χ1v) is 4.38. The molecule has 2 aromatic rings. The zero-order valence-corrected chi connectivity index (χ0v) is 7.97. The van der Waals surface area contributed by atoms with Gasteiger partial charge in [-0.3, -0.25) is 0 Å². The molecule has 3 heteroatoms. The highest BCUT2D eigenvalue weighted by Gasteiger charge is 2.05. The molecule has 1 aromatic carbocycles. The van der Waals surface area contributed by atoms with E-state index in [1.807, 2.05) is 31.2 Å². The molecule has 66 valence electrons. The Balaban J connectivity index is 2.97. The molecule has 0 amide bonds. The number of benzene rings is 1. The molecule has 1 aromatic heterocycles. The number of pyridine rings is 1. The summed E-state index contributed by atoms with van der Waals surface area (Å²) in [5, 5.41) is 2.49. The van der Waals surface area contributed by atoms with Gasteiger partial charge in [0.2, 0.25) is 0 Å². The molecule has 2 N–H and O–H groups in total. The van der Waals surface area contributed by atoms with Crippen molar-refractivity contribution < 1.29 is 0 Å². The maximum atomic E-state index is 5.94. The van der Waals surface area contributed by atoms with Crippen molar-refractivity contribution in [3.63, 3.8) is 0 Å². The highest BCUT2D eigenvalue weighted by Crippen LogP contribution is 2.27. The first-order valence-electron chi connectivity index (χ1n) is 4.00. The van der Waals surface area contributed by atoms with E-state index < -0.39 is 0 Å². The van der Waals surface area contributed by atoms with Gasteiger partial charge in [0, 0.05) is 5.39 Å². The topological polar surface area (TPSA) is 38.9 Å². The molecule has 0 aliphatic heterocycles. The average molecular weight is 193 g/mol. The van der Waals surface area contributed by atoms with Crippen LogP contribution in [0.1, 0.15) is 5.56 Å². The standard InChI is InChI=1S/C10H9ClN2/c1-6-7-4-2-3-5-8(7)9(11)13-10(6)12/h2-5H,1H3,(H2,12,13). The van der Waals surface area contributed by atoms with Crippen LogP contribution in [0.25, 0.3) is 10.8 Å². The molecule has 1 heterocycles. The van der Waals surface area contributed by atoms with Gasteiger partial charge in [-0.2, -0.15) is 0 Å². The molecule has 0 aliphatic rings. The Morgan fingerprint density at radius 2 is 1.85 bits per heavy atom. The lowest BCUT2D eigenvalue weighted by atomic mass is 10.1. The SMILES string of the molecule is Cc1c(N)nc(Cl)c2ccccc12. The van der Waals surface area contributed by atoms with Crippen LogP contribution in [-0.2, 0) is 0 Å². The molecule has 0 radical (unpaired) electrons. The highest BCUT2D eigenvalue weighted by atomic mass is 35.5. The summed E-state index contributed by atoms with van der Waals surface area (Å²) in [5.74, 6) is 0.503. The zero-order chi connectivity index (χ0) is 9.42. The summed E-state index contributed by atoms with van der Waals surface area (Å²) < 4.78 is 0. The Kier molecular flexibility index (Phi) is 1.85. The number of nitrogens with zero attached hydrogens (tertiary/aromatic N) is 1. The van der Waals surface area contributed by atoms with Crippen LogP contribution >= 0.6 is 11.6 Å². The number of nitrogens with two attached hydrogens (primary N) is 1. The summed E-state index contributed by atoms with van der Waals surface area (Å²) in [6.45, 7) is 1.95. The van der Waals surface area contributed by atoms with Gasteiger partial charge in [-0.1, -0.05) is 35.9 Å². The number of aryl methyl sites for hydroxylation is 1. The normalized spacial score (nSPS) is 10.6. The minimum absolute atomic E-state index is 0.471. The number of halogens is 1. The Bertz CT molecular complexity index is 466. The van der Waals surface area contributed by atoms with Crippen LogP contribution in [0.5, 0.6) is 0 Å². The molecular weight excluding hydrogens is 184 g/mol. The predicted molar refractivity (Wildman–Crippen MR) is 55.9 cm³/mol. The zero-order valence-electron chi connectivity index (χ0n) is 7.21. The number of anilines is 1. The summed E-state index contributed by atoms with van der Waals surface area (Å²) in [6, 6.07) is 7.84. The van der Waals surface area contributed by atoms with E-state index in [4.69, 9.17) is 17.3 Å².